The molecule has 0 fully saturated rings. The third-order valence-corrected chi connectivity index (χ3v) is 4.10. The lowest BCUT2D eigenvalue weighted by Crippen LogP contribution is -2.38. The summed E-state index contributed by atoms with van der Waals surface area (Å²) >= 11 is 5.96. The van der Waals surface area contributed by atoms with Gasteiger partial charge in [-0.15, -0.1) is 0 Å². The molecule has 0 bridgehead atoms. The van der Waals surface area contributed by atoms with Gasteiger partial charge in [0.05, 0.1) is 7.11 Å². The molecule has 1 N–H and O–H groups in total. The maximum absolute atomic E-state index is 12.2. The highest BCUT2D eigenvalue weighted by atomic mass is 35.5. The number of hydrogen-bond acceptors (Lipinski definition) is 3. The molecule has 1 aliphatic heterocycles. The highest BCUT2D eigenvalue weighted by molar-refractivity contribution is 6.30. The fourth-order valence-electron chi connectivity index (χ4n) is 2.60. The lowest BCUT2D eigenvalue weighted by atomic mass is 10.1. The molecule has 3 rings (SSSR count). The standard InChI is InChI=1S/C18H18ClNO3/c1-22-15-5-2-12(3-6-15)8-9-20-18(21)17-11-13-10-14(19)4-7-16(13)23-17/h2-7,10,17H,8-9,11H2,1H3,(H,20,21). The number of halogens is 1. The zero-order valence-electron chi connectivity index (χ0n) is 12.8. The van der Waals surface area contributed by atoms with Gasteiger partial charge >= 0.3 is 0 Å². The van der Waals surface area contributed by atoms with Crippen molar-refractivity contribution in [3.8, 4) is 11.5 Å². The topological polar surface area (TPSA) is 47.6 Å². The van der Waals surface area contributed by atoms with Crippen LogP contribution in [0.5, 0.6) is 11.5 Å². The lowest BCUT2D eigenvalue weighted by molar-refractivity contribution is -0.127. The average molecular weight is 332 g/mol. The second kappa shape index (κ2) is 6.92. The molecule has 1 unspecified atom stereocenters. The van der Waals surface area contributed by atoms with Crippen molar-refractivity contribution in [1.82, 2.24) is 5.32 Å². The van der Waals surface area contributed by atoms with Crippen LogP contribution in [-0.4, -0.2) is 25.7 Å². The maximum Gasteiger partial charge on any atom is 0.261 e. The van der Waals surface area contributed by atoms with E-state index in [2.05, 4.69) is 5.32 Å². The molecule has 0 saturated carbocycles. The normalized spacial score (nSPS) is 15.7. The van der Waals surface area contributed by atoms with Gasteiger partial charge in [0.1, 0.15) is 11.5 Å². The number of rotatable bonds is 5. The number of fused-ring (bicyclic) bond motifs is 1. The molecule has 2 aromatic rings. The number of ether oxygens (including phenoxy) is 2. The van der Waals surface area contributed by atoms with Crippen molar-refractivity contribution in [3.63, 3.8) is 0 Å². The SMILES string of the molecule is COc1ccc(CCNC(=O)C2Cc3cc(Cl)ccc3O2)cc1. The number of carbonyl (C=O) groups is 1. The van der Waals surface area contributed by atoms with Crippen LogP contribution in [0.3, 0.4) is 0 Å². The Balaban J connectivity index is 1.48. The summed E-state index contributed by atoms with van der Waals surface area (Å²) in [5.41, 5.74) is 2.13. The largest absolute Gasteiger partial charge is 0.497 e. The molecule has 0 aliphatic carbocycles. The van der Waals surface area contributed by atoms with Gasteiger partial charge in [-0.25, -0.2) is 0 Å². The lowest BCUT2D eigenvalue weighted by Gasteiger charge is -2.11. The summed E-state index contributed by atoms with van der Waals surface area (Å²) in [5, 5.41) is 3.58. The Hall–Kier alpha value is -2.20. The number of nitrogens with one attached hydrogen (secondary N) is 1. The second-order valence-corrected chi connectivity index (χ2v) is 5.89. The summed E-state index contributed by atoms with van der Waals surface area (Å²) in [4.78, 5) is 12.2. The van der Waals surface area contributed by atoms with Crippen molar-refractivity contribution < 1.29 is 14.3 Å². The monoisotopic (exact) mass is 331 g/mol. The first kappa shape index (κ1) is 15.7. The third kappa shape index (κ3) is 3.77. The second-order valence-electron chi connectivity index (χ2n) is 5.45. The van der Waals surface area contributed by atoms with Crippen LogP contribution in [0.4, 0.5) is 0 Å². The minimum atomic E-state index is -0.473. The molecule has 120 valence electrons. The first-order valence-electron chi connectivity index (χ1n) is 7.51. The van der Waals surface area contributed by atoms with E-state index in [0.29, 0.717) is 18.0 Å². The van der Waals surface area contributed by atoms with Crippen molar-refractivity contribution >= 4 is 17.5 Å². The van der Waals surface area contributed by atoms with E-state index in [1.54, 1.807) is 13.2 Å². The Morgan fingerprint density at radius 2 is 2.09 bits per heavy atom. The van der Waals surface area contributed by atoms with E-state index in [4.69, 9.17) is 21.1 Å². The van der Waals surface area contributed by atoms with Gasteiger partial charge in [-0.1, -0.05) is 23.7 Å². The van der Waals surface area contributed by atoms with Crippen LogP contribution >= 0.6 is 11.6 Å². The van der Waals surface area contributed by atoms with Crippen molar-refractivity contribution in [1.29, 1.82) is 0 Å². The molecule has 0 radical (unpaired) electrons. The molecule has 0 aromatic heterocycles. The highest BCUT2D eigenvalue weighted by Crippen LogP contribution is 2.31. The Bertz CT molecular complexity index is 700. The van der Waals surface area contributed by atoms with E-state index >= 15 is 0 Å². The number of hydrogen-bond donors (Lipinski definition) is 1. The summed E-state index contributed by atoms with van der Waals surface area (Å²) in [6.45, 7) is 0.572. The van der Waals surface area contributed by atoms with E-state index in [9.17, 15) is 4.79 Å². The number of amides is 1. The molecule has 4 nitrogen and oxygen atoms in total. The van der Waals surface area contributed by atoms with Crippen molar-refractivity contribution in [2.75, 3.05) is 13.7 Å². The predicted octanol–water partition coefficient (Wildman–Crippen LogP) is 3.01. The molecule has 1 aliphatic rings. The summed E-state index contributed by atoms with van der Waals surface area (Å²) in [5.74, 6) is 1.48. The molecule has 2 aromatic carbocycles. The van der Waals surface area contributed by atoms with Gasteiger partial charge in [0.15, 0.2) is 6.10 Å². The van der Waals surface area contributed by atoms with Gasteiger partial charge < -0.3 is 14.8 Å². The first-order valence-corrected chi connectivity index (χ1v) is 7.89. The van der Waals surface area contributed by atoms with Gasteiger partial charge in [0, 0.05) is 18.0 Å². The quantitative estimate of drug-likeness (QED) is 0.916. The fourth-order valence-corrected chi connectivity index (χ4v) is 2.79. The van der Waals surface area contributed by atoms with Crippen LogP contribution in [0.25, 0.3) is 0 Å². The molecule has 23 heavy (non-hydrogen) atoms. The Morgan fingerprint density at radius 3 is 2.83 bits per heavy atom. The summed E-state index contributed by atoms with van der Waals surface area (Å²) in [7, 11) is 1.64. The Kier molecular flexibility index (Phi) is 4.72. The molecule has 1 amide bonds. The molecule has 0 saturated heterocycles. The van der Waals surface area contributed by atoms with E-state index in [0.717, 1.165) is 29.0 Å². The van der Waals surface area contributed by atoms with Crippen molar-refractivity contribution in [3.05, 3.63) is 58.6 Å². The summed E-state index contributed by atoms with van der Waals surface area (Å²) in [6.07, 6.45) is 0.852. The smallest absolute Gasteiger partial charge is 0.261 e. The van der Waals surface area contributed by atoms with Crippen molar-refractivity contribution in [2.24, 2.45) is 0 Å². The van der Waals surface area contributed by atoms with Crippen LogP contribution in [0.15, 0.2) is 42.5 Å². The zero-order chi connectivity index (χ0) is 16.2. The zero-order valence-corrected chi connectivity index (χ0v) is 13.6. The van der Waals surface area contributed by atoms with Gasteiger partial charge in [-0.3, -0.25) is 4.79 Å². The molecule has 1 heterocycles. The molecular formula is C18H18ClNO3. The molecule has 0 spiro atoms. The average Bonchev–Trinajstić information content (AvgIpc) is 2.98. The van der Waals surface area contributed by atoms with Gasteiger partial charge in [-0.05, 0) is 47.9 Å². The number of methoxy groups -OCH3 is 1. The van der Waals surface area contributed by atoms with E-state index < -0.39 is 6.10 Å². The summed E-state index contributed by atoms with van der Waals surface area (Å²) < 4.78 is 10.8. The molecule has 5 heteroatoms. The van der Waals surface area contributed by atoms with Crippen LogP contribution in [0, 0.1) is 0 Å². The van der Waals surface area contributed by atoms with E-state index in [1.807, 2.05) is 36.4 Å². The van der Waals surface area contributed by atoms with Crippen LogP contribution in [0.2, 0.25) is 5.02 Å². The minimum Gasteiger partial charge on any atom is -0.497 e. The van der Waals surface area contributed by atoms with Crippen molar-refractivity contribution in [2.45, 2.75) is 18.9 Å². The third-order valence-electron chi connectivity index (χ3n) is 3.86. The van der Waals surface area contributed by atoms with E-state index in [1.165, 1.54) is 0 Å². The highest BCUT2D eigenvalue weighted by Gasteiger charge is 2.28. The van der Waals surface area contributed by atoms with Crippen LogP contribution in [0.1, 0.15) is 11.1 Å². The maximum atomic E-state index is 12.2. The number of benzene rings is 2. The van der Waals surface area contributed by atoms with Gasteiger partial charge in [-0.2, -0.15) is 0 Å². The Labute approximate surface area is 140 Å². The van der Waals surface area contributed by atoms with Gasteiger partial charge in [0.25, 0.3) is 5.91 Å². The number of carbonyl (C=O) groups excluding carboxylic acids is 1. The van der Waals surface area contributed by atoms with E-state index in [-0.39, 0.29) is 5.91 Å². The first-order chi connectivity index (χ1) is 11.2. The summed E-state index contributed by atoms with van der Waals surface area (Å²) in [6, 6.07) is 13.2. The predicted molar refractivity (Wildman–Crippen MR) is 89.3 cm³/mol. The van der Waals surface area contributed by atoms with Gasteiger partial charge in [0.2, 0.25) is 0 Å². The minimum absolute atomic E-state index is 0.0918. The van der Waals surface area contributed by atoms with Crippen LogP contribution < -0.4 is 14.8 Å². The fraction of sp³-hybridized carbons (Fsp3) is 0.278. The molecular weight excluding hydrogens is 314 g/mol. The van der Waals surface area contributed by atoms with Crippen LogP contribution in [-0.2, 0) is 17.6 Å². The molecule has 1 atom stereocenters. The Morgan fingerprint density at radius 1 is 1.30 bits per heavy atom.